The van der Waals surface area contributed by atoms with Gasteiger partial charge in [0.15, 0.2) is 0 Å². The number of nitrogens with one attached hydrogen (secondary N) is 2. The van der Waals surface area contributed by atoms with Gasteiger partial charge in [0.25, 0.3) is 11.1 Å². The number of carbonyl (C=O) groups is 2. The molecule has 4 N–H and O–H groups in total. The first kappa shape index (κ1) is 44.1. The van der Waals surface area contributed by atoms with Crippen molar-refractivity contribution in [2.75, 3.05) is 65.8 Å². The maximum Gasteiger partial charge on any atom is 0.258 e. The zero-order valence-electron chi connectivity index (χ0n) is 35.8. The molecule has 4 saturated heterocycles. The van der Waals surface area contributed by atoms with Crippen LogP contribution >= 0.6 is 0 Å². The van der Waals surface area contributed by atoms with Gasteiger partial charge in [-0.2, -0.15) is 0 Å². The van der Waals surface area contributed by atoms with Crippen LogP contribution in [0.2, 0.25) is 0 Å². The smallest absolute Gasteiger partial charge is 0.258 e. The zero-order valence-corrected chi connectivity index (χ0v) is 35.8. The number of ether oxygens (including phenoxy) is 2. The van der Waals surface area contributed by atoms with E-state index in [4.69, 9.17) is 9.47 Å². The molecule has 2 aromatic heterocycles. The molecule has 60 heavy (non-hydrogen) atoms. The Hall–Kier alpha value is -3.92. The van der Waals surface area contributed by atoms with Crippen LogP contribution in [0.4, 0.5) is 0 Å². The number of aliphatic hydroxyl groups is 2. The van der Waals surface area contributed by atoms with E-state index in [2.05, 4.69) is 20.4 Å². The van der Waals surface area contributed by atoms with Crippen molar-refractivity contribution in [2.24, 2.45) is 35.5 Å². The van der Waals surface area contributed by atoms with E-state index in [0.29, 0.717) is 49.1 Å². The molecule has 6 aliphatic heterocycles. The number of likely N-dealkylation sites (tertiary alicyclic amines) is 2. The van der Waals surface area contributed by atoms with Crippen molar-refractivity contribution in [1.82, 2.24) is 29.6 Å². The summed E-state index contributed by atoms with van der Waals surface area (Å²) in [6.45, 7) is 14.4. The van der Waals surface area contributed by atoms with Gasteiger partial charge in [0.2, 0.25) is 11.8 Å². The van der Waals surface area contributed by atoms with Gasteiger partial charge in [0.05, 0.1) is 24.2 Å². The molecule has 0 aromatic carbocycles. The van der Waals surface area contributed by atoms with E-state index in [1.54, 1.807) is 0 Å². The average molecular weight is 831 g/mol. The van der Waals surface area contributed by atoms with Gasteiger partial charge < -0.3 is 39.5 Å². The largest absolute Gasteiger partial charge is 0.396 e. The van der Waals surface area contributed by atoms with Crippen LogP contribution in [-0.2, 0) is 32.2 Å². The summed E-state index contributed by atoms with van der Waals surface area (Å²) in [5.41, 5.74) is 3.32. The van der Waals surface area contributed by atoms with E-state index in [1.807, 2.05) is 85.4 Å². The lowest BCUT2D eigenvalue weighted by atomic mass is 9.88. The Kier molecular flexibility index (Phi) is 14.6. The minimum atomic E-state index is -0.369. The quantitative estimate of drug-likeness (QED) is 0.250. The maximum atomic E-state index is 13.0. The lowest BCUT2D eigenvalue weighted by molar-refractivity contribution is -0.128. The summed E-state index contributed by atoms with van der Waals surface area (Å²) < 4.78 is 14.8. The Labute approximate surface area is 353 Å². The normalized spacial score (nSPS) is 29.3. The lowest BCUT2D eigenvalue weighted by Crippen LogP contribution is -2.49. The van der Waals surface area contributed by atoms with Crippen molar-refractivity contribution in [3.05, 3.63) is 79.6 Å². The average Bonchev–Trinajstić information content (AvgIpc) is 3.99. The van der Waals surface area contributed by atoms with E-state index in [1.165, 1.54) is 0 Å². The van der Waals surface area contributed by atoms with Crippen LogP contribution in [0.5, 0.6) is 0 Å². The van der Waals surface area contributed by atoms with Gasteiger partial charge in [-0.25, -0.2) is 0 Å². The lowest BCUT2D eigenvalue weighted by Gasteiger charge is -2.34. The third kappa shape index (κ3) is 8.48. The summed E-state index contributed by atoms with van der Waals surface area (Å²) in [5.74, 6) is 0.604. The molecular formula is C46H66N6O8. The number of nitrogens with zero attached hydrogens (tertiary/aromatic N) is 4. The highest BCUT2D eigenvalue weighted by atomic mass is 16.5. The van der Waals surface area contributed by atoms with Gasteiger partial charge in [0.1, 0.15) is 0 Å². The molecule has 0 spiro atoms. The number of fused-ring (bicyclic) bond motifs is 6. The predicted octanol–water partition coefficient (Wildman–Crippen LogP) is 2.82. The van der Waals surface area contributed by atoms with Crippen LogP contribution in [0.1, 0.15) is 88.0 Å². The molecule has 8 heterocycles. The van der Waals surface area contributed by atoms with Crippen LogP contribution < -0.4 is 21.8 Å². The molecular weight excluding hydrogens is 765 g/mol. The SMILES string of the molecule is C/C=C/c1ccc2n(c1=O)C[C@@H]1[C@@H](CO)[C@H](C(=O)NCC)N(CC3CCOCC3)[C@H]21.C/C=C\c1ccc2n(c1=O)C[C@@H]1[C@@H](CO)[C@H](C(=O)NCC)N(CC3CCOCC3)[C@H]21. The fraction of sp³-hybridized carbons (Fsp3) is 0.652. The summed E-state index contributed by atoms with van der Waals surface area (Å²) >= 11 is 0. The second-order valence-corrected chi connectivity index (χ2v) is 17.4. The molecule has 2 aromatic rings. The number of carbonyl (C=O) groups excluding carboxylic acids is 2. The second kappa shape index (κ2) is 19.9. The van der Waals surface area contributed by atoms with Gasteiger partial charge in [0, 0.05) is 125 Å². The van der Waals surface area contributed by atoms with E-state index >= 15 is 0 Å². The number of pyridine rings is 2. The summed E-state index contributed by atoms with van der Waals surface area (Å²) in [6, 6.07) is 7.06. The molecule has 0 aliphatic carbocycles. The van der Waals surface area contributed by atoms with Gasteiger partial charge in [-0.3, -0.25) is 29.0 Å². The molecule has 4 fully saturated rings. The van der Waals surface area contributed by atoms with E-state index in [-0.39, 0.29) is 84.0 Å². The molecule has 6 aliphatic rings. The Bertz CT molecular complexity index is 1860. The van der Waals surface area contributed by atoms with Crippen LogP contribution in [0.25, 0.3) is 12.2 Å². The summed E-state index contributed by atoms with van der Waals surface area (Å²) in [6.07, 6.45) is 11.3. The Morgan fingerprint density at radius 1 is 0.667 bits per heavy atom. The van der Waals surface area contributed by atoms with Crippen LogP contribution in [0.3, 0.4) is 0 Å². The first-order chi connectivity index (χ1) is 29.2. The monoisotopic (exact) mass is 830 g/mol. The van der Waals surface area contributed by atoms with Crippen molar-refractivity contribution in [2.45, 2.75) is 90.6 Å². The molecule has 8 rings (SSSR count). The number of aromatic nitrogens is 2. The summed E-state index contributed by atoms with van der Waals surface area (Å²) in [4.78, 5) is 56.7. The van der Waals surface area contributed by atoms with Crippen molar-refractivity contribution in [3.8, 4) is 0 Å². The number of hydrogen-bond donors (Lipinski definition) is 4. The maximum absolute atomic E-state index is 13.0. The first-order valence-corrected chi connectivity index (χ1v) is 22.4. The number of amides is 2. The van der Waals surface area contributed by atoms with Gasteiger partial charge >= 0.3 is 0 Å². The van der Waals surface area contributed by atoms with Crippen molar-refractivity contribution < 1.29 is 29.3 Å². The molecule has 0 unspecified atom stereocenters. The Morgan fingerprint density at radius 3 is 1.38 bits per heavy atom. The molecule has 2 amide bonds. The number of aliphatic hydroxyl groups excluding tert-OH is 2. The molecule has 0 bridgehead atoms. The van der Waals surface area contributed by atoms with E-state index < -0.39 is 0 Å². The molecule has 14 heteroatoms. The highest BCUT2D eigenvalue weighted by molar-refractivity contribution is 5.83. The predicted molar refractivity (Wildman–Crippen MR) is 230 cm³/mol. The van der Waals surface area contributed by atoms with Crippen LogP contribution in [-0.4, -0.2) is 119 Å². The fourth-order valence-electron chi connectivity index (χ4n) is 11.3. The van der Waals surface area contributed by atoms with Crippen molar-refractivity contribution in [1.29, 1.82) is 0 Å². The van der Waals surface area contributed by atoms with Gasteiger partial charge in [-0.1, -0.05) is 24.3 Å². The topological polar surface area (TPSA) is 168 Å². The van der Waals surface area contributed by atoms with Gasteiger partial charge in [-0.05, 0) is 89.5 Å². The Morgan fingerprint density at radius 2 is 1.05 bits per heavy atom. The number of allylic oxidation sites excluding steroid dienone is 2. The molecule has 328 valence electrons. The number of hydrogen-bond acceptors (Lipinski definition) is 10. The first-order valence-electron chi connectivity index (χ1n) is 22.4. The number of rotatable bonds is 12. The molecule has 8 atom stereocenters. The fourth-order valence-corrected chi connectivity index (χ4v) is 11.3. The van der Waals surface area contributed by atoms with E-state index in [9.17, 15) is 29.4 Å². The summed E-state index contributed by atoms with van der Waals surface area (Å²) in [7, 11) is 0. The third-order valence-electron chi connectivity index (χ3n) is 14.0. The van der Waals surface area contributed by atoms with Crippen LogP contribution in [0.15, 0.2) is 46.0 Å². The second-order valence-electron chi connectivity index (χ2n) is 17.4. The third-order valence-corrected chi connectivity index (χ3v) is 14.0. The highest BCUT2D eigenvalue weighted by Crippen LogP contribution is 2.51. The van der Waals surface area contributed by atoms with Crippen LogP contribution in [0, 0.1) is 35.5 Å². The standard InChI is InChI=1S/2C23H33N3O4/c2*1-3-5-16-6-7-19-20-17(13-25(19)23(16)29)18(14-27)21(22(28)24-4-2)26(20)12-15-8-10-30-11-9-15/h2*3,5-7,15,17-18,20-21,27H,4,8-14H2,1-2H3,(H,24,28)/b5-3+;5-3-/t2*17-,18-,20+,21-/m11/s1. The zero-order chi connectivity index (χ0) is 42.5. The van der Waals surface area contributed by atoms with Crippen molar-refractivity contribution in [3.63, 3.8) is 0 Å². The van der Waals surface area contributed by atoms with Gasteiger partial charge in [-0.15, -0.1) is 0 Å². The van der Waals surface area contributed by atoms with E-state index in [0.717, 1.165) is 76.6 Å². The highest BCUT2D eigenvalue weighted by Gasteiger charge is 2.57. The number of likely N-dealkylation sites (N-methyl/N-ethyl adjacent to an activating group) is 2. The minimum absolute atomic E-state index is 0.0114. The Balaban J connectivity index is 0.000000181. The molecule has 0 saturated carbocycles. The molecule has 14 nitrogen and oxygen atoms in total. The molecule has 0 radical (unpaired) electrons. The van der Waals surface area contributed by atoms with Crippen molar-refractivity contribution >= 4 is 24.0 Å². The minimum Gasteiger partial charge on any atom is -0.396 e. The summed E-state index contributed by atoms with van der Waals surface area (Å²) in [5, 5.41) is 26.5.